The molecule has 3 heteroatoms. The number of halogens is 2. The van der Waals surface area contributed by atoms with Crippen LogP contribution in [-0.4, -0.2) is 13.1 Å². The van der Waals surface area contributed by atoms with Gasteiger partial charge in [0, 0.05) is 24.3 Å². The van der Waals surface area contributed by atoms with Gasteiger partial charge >= 0.3 is 0 Å². The SMILES string of the molecule is CC1CN(c2cccc(F)c2CCl)CC1C. The number of nitrogens with zero attached hydrogens (tertiary/aromatic N) is 1. The van der Waals surface area contributed by atoms with E-state index in [9.17, 15) is 4.39 Å². The summed E-state index contributed by atoms with van der Waals surface area (Å²) < 4.78 is 13.6. The van der Waals surface area contributed by atoms with Crippen molar-refractivity contribution in [3.63, 3.8) is 0 Å². The molecule has 1 nitrogen and oxygen atoms in total. The largest absolute Gasteiger partial charge is 0.371 e. The van der Waals surface area contributed by atoms with E-state index in [1.165, 1.54) is 6.07 Å². The first-order valence-corrected chi connectivity index (χ1v) is 6.25. The molecule has 1 aliphatic heterocycles. The molecular formula is C13H17ClFN. The minimum atomic E-state index is -0.195. The number of rotatable bonds is 2. The molecule has 2 unspecified atom stereocenters. The van der Waals surface area contributed by atoms with Gasteiger partial charge in [-0.2, -0.15) is 0 Å². The minimum absolute atomic E-state index is 0.195. The molecule has 0 radical (unpaired) electrons. The first-order chi connectivity index (χ1) is 7.63. The maximum Gasteiger partial charge on any atom is 0.129 e. The lowest BCUT2D eigenvalue weighted by Crippen LogP contribution is -2.21. The molecule has 0 aromatic heterocycles. The van der Waals surface area contributed by atoms with Gasteiger partial charge < -0.3 is 4.90 Å². The predicted octanol–water partition coefficient (Wildman–Crippen LogP) is 3.66. The van der Waals surface area contributed by atoms with Crippen LogP contribution in [0.3, 0.4) is 0 Å². The van der Waals surface area contributed by atoms with E-state index in [-0.39, 0.29) is 11.7 Å². The van der Waals surface area contributed by atoms with Gasteiger partial charge in [-0.25, -0.2) is 4.39 Å². The lowest BCUT2D eigenvalue weighted by atomic mass is 10.0. The Balaban J connectivity index is 2.31. The van der Waals surface area contributed by atoms with Crippen molar-refractivity contribution in [2.75, 3.05) is 18.0 Å². The fourth-order valence-electron chi connectivity index (χ4n) is 2.30. The molecule has 0 aliphatic carbocycles. The van der Waals surface area contributed by atoms with Gasteiger partial charge in [0.2, 0.25) is 0 Å². The smallest absolute Gasteiger partial charge is 0.129 e. The van der Waals surface area contributed by atoms with Crippen molar-refractivity contribution in [1.29, 1.82) is 0 Å². The normalized spacial score (nSPS) is 25.1. The van der Waals surface area contributed by atoms with Crippen molar-refractivity contribution < 1.29 is 4.39 Å². The second-order valence-corrected chi connectivity index (χ2v) is 5.00. The average molecular weight is 242 g/mol. The van der Waals surface area contributed by atoms with E-state index in [0.29, 0.717) is 17.4 Å². The van der Waals surface area contributed by atoms with Crippen molar-refractivity contribution in [2.24, 2.45) is 11.8 Å². The lowest BCUT2D eigenvalue weighted by Gasteiger charge is -2.21. The lowest BCUT2D eigenvalue weighted by molar-refractivity contribution is 0.494. The summed E-state index contributed by atoms with van der Waals surface area (Å²) in [6.07, 6.45) is 0. The van der Waals surface area contributed by atoms with E-state index >= 15 is 0 Å². The summed E-state index contributed by atoms with van der Waals surface area (Å²) in [4.78, 5) is 2.25. The zero-order valence-electron chi connectivity index (χ0n) is 9.71. The fourth-order valence-corrected chi connectivity index (χ4v) is 2.57. The van der Waals surface area contributed by atoms with Crippen molar-refractivity contribution in [2.45, 2.75) is 19.7 Å². The van der Waals surface area contributed by atoms with Gasteiger partial charge in [-0.3, -0.25) is 0 Å². The summed E-state index contributed by atoms with van der Waals surface area (Å²) in [6.45, 7) is 6.47. The quantitative estimate of drug-likeness (QED) is 0.715. The molecule has 2 rings (SSSR count). The summed E-state index contributed by atoms with van der Waals surface area (Å²) in [5.74, 6) is 1.36. The highest BCUT2D eigenvalue weighted by Gasteiger charge is 2.27. The molecule has 16 heavy (non-hydrogen) atoms. The van der Waals surface area contributed by atoms with Crippen LogP contribution in [0, 0.1) is 17.7 Å². The van der Waals surface area contributed by atoms with E-state index in [1.54, 1.807) is 6.07 Å². The van der Waals surface area contributed by atoms with Crippen molar-refractivity contribution >= 4 is 17.3 Å². The summed E-state index contributed by atoms with van der Waals surface area (Å²) in [7, 11) is 0. The zero-order chi connectivity index (χ0) is 11.7. The molecule has 0 bridgehead atoms. The number of hydrogen-bond donors (Lipinski definition) is 0. The van der Waals surface area contributed by atoms with Gasteiger partial charge in [0.05, 0.1) is 5.88 Å². The van der Waals surface area contributed by atoms with Gasteiger partial charge in [0.15, 0.2) is 0 Å². The maximum atomic E-state index is 13.6. The Labute approximate surface area is 101 Å². The molecule has 0 spiro atoms. The summed E-state index contributed by atoms with van der Waals surface area (Å²) in [5.41, 5.74) is 1.59. The number of anilines is 1. The topological polar surface area (TPSA) is 3.24 Å². The van der Waals surface area contributed by atoms with Crippen LogP contribution in [0.5, 0.6) is 0 Å². The van der Waals surface area contributed by atoms with Gasteiger partial charge in [0.1, 0.15) is 5.82 Å². The third-order valence-corrected chi connectivity index (χ3v) is 3.82. The third kappa shape index (κ3) is 2.03. The number of hydrogen-bond acceptors (Lipinski definition) is 1. The first kappa shape index (κ1) is 11.7. The standard InChI is InChI=1S/C13H17ClFN/c1-9-7-16(8-10(9)2)13-5-3-4-12(15)11(13)6-14/h3-5,9-10H,6-8H2,1-2H3. The van der Waals surface area contributed by atoms with Crippen LogP contribution < -0.4 is 4.90 Å². The van der Waals surface area contributed by atoms with E-state index in [2.05, 4.69) is 18.7 Å². The molecular weight excluding hydrogens is 225 g/mol. The van der Waals surface area contributed by atoms with Crippen molar-refractivity contribution in [3.8, 4) is 0 Å². The monoisotopic (exact) mass is 241 g/mol. The summed E-state index contributed by atoms with van der Waals surface area (Å²) in [5, 5.41) is 0. The molecule has 2 atom stereocenters. The van der Waals surface area contributed by atoms with Gasteiger partial charge in [-0.05, 0) is 24.0 Å². The van der Waals surface area contributed by atoms with Crippen LogP contribution in [0.15, 0.2) is 18.2 Å². The molecule has 1 aromatic rings. The second kappa shape index (κ2) is 4.62. The Morgan fingerprint density at radius 2 is 1.94 bits per heavy atom. The van der Waals surface area contributed by atoms with E-state index in [1.807, 2.05) is 6.07 Å². The maximum absolute atomic E-state index is 13.6. The Morgan fingerprint density at radius 1 is 1.31 bits per heavy atom. The highest BCUT2D eigenvalue weighted by molar-refractivity contribution is 6.17. The van der Waals surface area contributed by atoms with Crippen molar-refractivity contribution in [3.05, 3.63) is 29.6 Å². The van der Waals surface area contributed by atoms with Crippen LogP contribution >= 0.6 is 11.6 Å². The number of alkyl halides is 1. The molecule has 1 saturated heterocycles. The molecule has 1 fully saturated rings. The summed E-state index contributed by atoms with van der Waals surface area (Å²) >= 11 is 5.82. The molecule has 0 saturated carbocycles. The van der Waals surface area contributed by atoms with Crippen LogP contribution in [0.25, 0.3) is 0 Å². The Hall–Kier alpha value is -0.760. The molecule has 0 N–H and O–H groups in total. The second-order valence-electron chi connectivity index (χ2n) is 4.73. The number of benzene rings is 1. The molecule has 1 heterocycles. The fraction of sp³-hybridized carbons (Fsp3) is 0.538. The van der Waals surface area contributed by atoms with Gasteiger partial charge in [-0.1, -0.05) is 19.9 Å². The van der Waals surface area contributed by atoms with E-state index in [4.69, 9.17) is 11.6 Å². The minimum Gasteiger partial charge on any atom is -0.371 e. The Kier molecular flexibility index (Phi) is 3.38. The first-order valence-electron chi connectivity index (χ1n) is 5.71. The molecule has 1 aromatic carbocycles. The average Bonchev–Trinajstić information content (AvgIpc) is 2.59. The van der Waals surface area contributed by atoms with Crippen molar-refractivity contribution in [1.82, 2.24) is 0 Å². The van der Waals surface area contributed by atoms with Crippen LogP contribution in [0.2, 0.25) is 0 Å². The molecule has 1 aliphatic rings. The predicted molar refractivity (Wildman–Crippen MR) is 66.5 cm³/mol. The summed E-state index contributed by atoms with van der Waals surface area (Å²) in [6, 6.07) is 5.20. The third-order valence-electron chi connectivity index (χ3n) is 3.56. The van der Waals surface area contributed by atoms with Crippen LogP contribution in [0.1, 0.15) is 19.4 Å². The van der Waals surface area contributed by atoms with Gasteiger partial charge in [0.25, 0.3) is 0 Å². The van der Waals surface area contributed by atoms with Crippen LogP contribution in [-0.2, 0) is 5.88 Å². The zero-order valence-corrected chi connectivity index (χ0v) is 10.5. The molecule has 88 valence electrons. The van der Waals surface area contributed by atoms with Gasteiger partial charge in [-0.15, -0.1) is 11.6 Å². The van der Waals surface area contributed by atoms with E-state index < -0.39 is 0 Å². The highest BCUT2D eigenvalue weighted by atomic mass is 35.5. The van der Waals surface area contributed by atoms with E-state index in [0.717, 1.165) is 18.8 Å². The molecule has 0 amide bonds. The Bertz CT molecular complexity index is 370. The Morgan fingerprint density at radius 3 is 2.50 bits per heavy atom. The highest BCUT2D eigenvalue weighted by Crippen LogP contribution is 2.31. The van der Waals surface area contributed by atoms with Crippen LogP contribution in [0.4, 0.5) is 10.1 Å².